The van der Waals surface area contributed by atoms with Gasteiger partial charge in [0.05, 0.1) is 16.6 Å². The van der Waals surface area contributed by atoms with Crippen molar-refractivity contribution in [3.8, 4) is 10.6 Å². The van der Waals surface area contributed by atoms with Crippen molar-refractivity contribution < 1.29 is 4.79 Å². The number of hydrogen-bond acceptors (Lipinski definition) is 5. The summed E-state index contributed by atoms with van der Waals surface area (Å²) in [4.78, 5) is 21.2. The molecule has 1 N–H and O–H groups in total. The third kappa shape index (κ3) is 2.77. The molecular weight excluding hydrogens is 290 g/mol. The molecule has 0 bridgehead atoms. The van der Waals surface area contributed by atoms with Crippen molar-refractivity contribution in [2.45, 2.75) is 25.8 Å². The molecule has 1 atom stereocenters. The number of likely N-dealkylation sites (N-methyl/N-ethyl adjacent to an activating group) is 1. The second-order valence-electron chi connectivity index (χ2n) is 5.08. The van der Waals surface area contributed by atoms with Crippen LogP contribution in [0.5, 0.6) is 0 Å². The van der Waals surface area contributed by atoms with E-state index in [9.17, 15) is 4.79 Å². The van der Waals surface area contributed by atoms with Gasteiger partial charge in [0.25, 0.3) is 0 Å². The van der Waals surface area contributed by atoms with Gasteiger partial charge in [-0.05, 0) is 45.5 Å². The predicted octanol–water partition coefficient (Wildman–Crippen LogP) is 3.21. The lowest BCUT2D eigenvalue weighted by Crippen LogP contribution is -2.37. The number of anilines is 1. The first-order valence-electron chi connectivity index (χ1n) is 6.67. The molecule has 20 heavy (non-hydrogen) atoms. The minimum absolute atomic E-state index is 0.00803. The fraction of sp³-hybridized carbons (Fsp3) is 0.429. The number of likely N-dealkylation sites (tertiary alicyclic amines) is 1. The number of rotatable bonds is 3. The summed E-state index contributed by atoms with van der Waals surface area (Å²) in [5.41, 5.74) is 0.947. The molecule has 106 valence electrons. The minimum Gasteiger partial charge on any atom is -0.301 e. The highest BCUT2D eigenvalue weighted by molar-refractivity contribution is 7.17. The summed E-state index contributed by atoms with van der Waals surface area (Å²) in [5, 5.41) is 5.63. The van der Waals surface area contributed by atoms with Crippen LogP contribution in [-0.4, -0.2) is 35.4 Å². The molecule has 6 heteroatoms. The van der Waals surface area contributed by atoms with E-state index in [2.05, 4.69) is 34.3 Å². The lowest BCUT2D eigenvalue weighted by atomic mass is 10.2. The summed E-state index contributed by atoms with van der Waals surface area (Å²) < 4.78 is 0. The molecule has 1 amide bonds. The molecular formula is C14H17N3OS2. The number of thiophene rings is 1. The molecule has 4 nitrogen and oxygen atoms in total. The topological polar surface area (TPSA) is 45.2 Å². The molecule has 1 saturated heterocycles. The van der Waals surface area contributed by atoms with E-state index in [0.29, 0.717) is 5.13 Å². The summed E-state index contributed by atoms with van der Waals surface area (Å²) >= 11 is 3.21. The molecule has 2 aromatic heterocycles. The van der Waals surface area contributed by atoms with E-state index in [1.807, 2.05) is 12.4 Å². The smallest absolute Gasteiger partial charge is 0.243 e. The molecule has 1 unspecified atom stereocenters. The molecule has 0 aliphatic carbocycles. The first kappa shape index (κ1) is 13.7. The Hall–Kier alpha value is -1.24. The van der Waals surface area contributed by atoms with Crippen molar-refractivity contribution in [1.82, 2.24) is 9.88 Å². The number of carbonyl (C=O) groups excluding carboxylic acids is 1. The van der Waals surface area contributed by atoms with Crippen molar-refractivity contribution >= 4 is 33.7 Å². The normalized spacial score (nSPS) is 19.4. The predicted molar refractivity (Wildman–Crippen MR) is 84.4 cm³/mol. The maximum Gasteiger partial charge on any atom is 0.243 e. The lowest BCUT2D eigenvalue weighted by Gasteiger charge is -2.17. The molecule has 0 aromatic carbocycles. The number of aryl methyl sites for hydroxylation is 1. The zero-order valence-corrected chi connectivity index (χ0v) is 13.2. The second-order valence-corrected chi connectivity index (χ2v) is 7.22. The molecule has 3 heterocycles. The number of amides is 1. The summed E-state index contributed by atoms with van der Waals surface area (Å²) in [5.74, 6) is 0.0632. The van der Waals surface area contributed by atoms with Crippen LogP contribution in [0.15, 0.2) is 17.5 Å². The molecule has 1 aliphatic heterocycles. The highest BCUT2D eigenvalue weighted by Crippen LogP contribution is 2.30. The highest BCUT2D eigenvalue weighted by Gasteiger charge is 2.28. The average Bonchev–Trinajstić information content (AvgIpc) is 3.10. The van der Waals surface area contributed by atoms with E-state index in [4.69, 9.17) is 0 Å². The first-order valence-corrected chi connectivity index (χ1v) is 8.36. The molecule has 3 rings (SSSR count). The van der Waals surface area contributed by atoms with E-state index >= 15 is 0 Å². The van der Waals surface area contributed by atoms with Gasteiger partial charge in [-0.2, -0.15) is 0 Å². The fourth-order valence-corrected chi connectivity index (χ4v) is 4.06. The Kier molecular flexibility index (Phi) is 3.87. The monoisotopic (exact) mass is 307 g/mol. The maximum atomic E-state index is 12.2. The van der Waals surface area contributed by atoms with Gasteiger partial charge in [-0.25, -0.2) is 4.98 Å². The van der Waals surface area contributed by atoms with Crippen LogP contribution < -0.4 is 5.32 Å². The van der Waals surface area contributed by atoms with Crippen molar-refractivity contribution in [2.75, 3.05) is 18.9 Å². The molecule has 0 saturated carbocycles. The quantitative estimate of drug-likeness (QED) is 0.947. The van der Waals surface area contributed by atoms with Gasteiger partial charge in [0.15, 0.2) is 5.13 Å². The van der Waals surface area contributed by atoms with E-state index < -0.39 is 0 Å². The van der Waals surface area contributed by atoms with Crippen LogP contribution in [0, 0.1) is 6.92 Å². The van der Waals surface area contributed by atoms with Crippen LogP contribution in [-0.2, 0) is 4.79 Å². The van der Waals surface area contributed by atoms with Gasteiger partial charge in [0, 0.05) is 10.3 Å². The number of hydrogen-bond donors (Lipinski definition) is 1. The Bertz CT molecular complexity index is 619. The van der Waals surface area contributed by atoms with Gasteiger partial charge < -0.3 is 5.32 Å². The number of aromatic nitrogens is 1. The lowest BCUT2D eigenvalue weighted by molar-refractivity contribution is -0.119. The largest absolute Gasteiger partial charge is 0.301 e. The SMILES string of the molecule is Cc1ccc(-c2csc(NC(=O)C3CCCN3C)n2)s1. The number of carbonyl (C=O) groups is 1. The van der Waals surface area contributed by atoms with Crippen molar-refractivity contribution in [3.63, 3.8) is 0 Å². The Labute approximate surface area is 126 Å². The number of thiazole rings is 1. The van der Waals surface area contributed by atoms with Gasteiger partial charge >= 0.3 is 0 Å². The third-order valence-corrected chi connectivity index (χ3v) is 5.33. The number of nitrogens with one attached hydrogen (secondary N) is 1. The Morgan fingerprint density at radius 2 is 2.35 bits per heavy atom. The van der Waals surface area contributed by atoms with E-state index in [1.54, 1.807) is 11.3 Å². The molecule has 1 aliphatic rings. The zero-order chi connectivity index (χ0) is 14.1. The van der Waals surface area contributed by atoms with Crippen LogP contribution in [0.1, 0.15) is 17.7 Å². The maximum absolute atomic E-state index is 12.2. The van der Waals surface area contributed by atoms with Crippen molar-refractivity contribution in [2.24, 2.45) is 0 Å². The van der Waals surface area contributed by atoms with Crippen molar-refractivity contribution in [1.29, 1.82) is 0 Å². The van der Waals surface area contributed by atoms with Gasteiger partial charge in [0.1, 0.15) is 0 Å². The third-order valence-electron chi connectivity index (χ3n) is 3.55. The Morgan fingerprint density at radius 3 is 3.00 bits per heavy atom. The van der Waals surface area contributed by atoms with Crippen molar-refractivity contribution in [3.05, 3.63) is 22.4 Å². The minimum atomic E-state index is -0.00803. The molecule has 1 fully saturated rings. The van der Waals surface area contributed by atoms with Gasteiger partial charge in [-0.1, -0.05) is 0 Å². The van der Waals surface area contributed by atoms with Crippen LogP contribution in [0.4, 0.5) is 5.13 Å². The fourth-order valence-electron chi connectivity index (χ4n) is 2.45. The van der Waals surface area contributed by atoms with Crippen LogP contribution in [0.2, 0.25) is 0 Å². The van der Waals surface area contributed by atoms with E-state index in [0.717, 1.165) is 30.0 Å². The molecule has 0 spiro atoms. The van der Waals surface area contributed by atoms with Crippen LogP contribution in [0.25, 0.3) is 10.6 Å². The number of nitrogens with zero attached hydrogens (tertiary/aromatic N) is 2. The standard InChI is InChI=1S/C14H17N3OS2/c1-9-5-6-12(20-9)10-8-19-14(15-10)16-13(18)11-4-3-7-17(11)2/h5-6,8,11H,3-4,7H2,1-2H3,(H,15,16,18). The average molecular weight is 307 g/mol. The highest BCUT2D eigenvalue weighted by atomic mass is 32.1. The Morgan fingerprint density at radius 1 is 1.50 bits per heavy atom. The molecule has 0 radical (unpaired) electrons. The van der Waals surface area contributed by atoms with Crippen LogP contribution in [0.3, 0.4) is 0 Å². The molecule has 2 aromatic rings. The summed E-state index contributed by atoms with van der Waals surface area (Å²) in [6, 6.07) is 4.16. The van der Waals surface area contributed by atoms with Gasteiger partial charge in [-0.15, -0.1) is 22.7 Å². The summed E-state index contributed by atoms with van der Waals surface area (Å²) in [7, 11) is 2.00. The van der Waals surface area contributed by atoms with E-state index in [-0.39, 0.29) is 11.9 Å². The zero-order valence-electron chi connectivity index (χ0n) is 11.5. The van der Waals surface area contributed by atoms with Gasteiger partial charge in [0.2, 0.25) is 5.91 Å². The van der Waals surface area contributed by atoms with E-state index in [1.165, 1.54) is 16.2 Å². The summed E-state index contributed by atoms with van der Waals surface area (Å²) in [6.45, 7) is 3.08. The van der Waals surface area contributed by atoms with Crippen LogP contribution >= 0.6 is 22.7 Å². The second kappa shape index (κ2) is 5.63. The first-order chi connectivity index (χ1) is 9.63. The van der Waals surface area contributed by atoms with Gasteiger partial charge in [-0.3, -0.25) is 9.69 Å². The summed E-state index contributed by atoms with van der Waals surface area (Å²) in [6.07, 6.45) is 2.02. The Balaban J connectivity index is 1.69.